The first-order chi connectivity index (χ1) is 9.56. The molecule has 6 heteroatoms. The fourth-order valence-corrected chi connectivity index (χ4v) is 1.89. The molecule has 2 aromatic rings. The Balaban J connectivity index is 1.95. The van der Waals surface area contributed by atoms with Gasteiger partial charge in [-0.25, -0.2) is 4.39 Å². The SMILES string of the molecule is Nc1cc(Br)c(F)cc1OCC(=O)Nc1ccccc1. The van der Waals surface area contributed by atoms with Gasteiger partial charge in [0.05, 0.1) is 10.2 Å². The second-order valence-corrected chi connectivity index (χ2v) is 4.86. The highest BCUT2D eigenvalue weighted by molar-refractivity contribution is 9.10. The highest BCUT2D eigenvalue weighted by atomic mass is 79.9. The largest absolute Gasteiger partial charge is 0.481 e. The van der Waals surface area contributed by atoms with E-state index < -0.39 is 5.82 Å². The average molecular weight is 339 g/mol. The van der Waals surface area contributed by atoms with Crippen LogP contribution in [0, 0.1) is 5.82 Å². The van der Waals surface area contributed by atoms with Crippen molar-refractivity contribution in [1.29, 1.82) is 0 Å². The monoisotopic (exact) mass is 338 g/mol. The van der Waals surface area contributed by atoms with Crippen molar-refractivity contribution in [3.63, 3.8) is 0 Å². The maximum atomic E-state index is 13.3. The zero-order valence-electron chi connectivity index (χ0n) is 10.4. The lowest BCUT2D eigenvalue weighted by Crippen LogP contribution is -2.20. The molecule has 0 atom stereocenters. The van der Waals surface area contributed by atoms with Gasteiger partial charge in [-0.05, 0) is 34.1 Å². The molecule has 0 fully saturated rings. The van der Waals surface area contributed by atoms with Gasteiger partial charge in [0.1, 0.15) is 11.6 Å². The molecule has 2 aromatic carbocycles. The molecule has 0 unspecified atom stereocenters. The third-order valence-corrected chi connectivity index (χ3v) is 3.08. The lowest BCUT2D eigenvalue weighted by molar-refractivity contribution is -0.118. The van der Waals surface area contributed by atoms with Gasteiger partial charge in [-0.1, -0.05) is 18.2 Å². The Morgan fingerprint density at radius 2 is 2.00 bits per heavy atom. The van der Waals surface area contributed by atoms with Crippen molar-refractivity contribution in [3.05, 3.63) is 52.8 Å². The molecule has 0 heterocycles. The molecular formula is C14H12BrFN2O2. The van der Waals surface area contributed by atoms with Crippen LogP contribution in [0.1, 0.15) is 0 Å². The van der Waals surface area contributed by atoms with E-state index in [0.29, 0.717) is 5.69 Å². The number of nitrogen functional groups attached to an aromatic ring is 1. The van der Waals surface area contributed by atoms with E-state index in [-0.39, 0.29) is 28.4 Å². The van der Waals surface area contributed by atoms with Gasteiger partial charge < -0.3 is 15.8 Å². The average Bonchev–Trinajstić information content (AvgIpc) is 2.42. The molecule has 4 nitrogen and oxygen atoms in total. The van der Waals surface area contributed by atoms with Gasteiger partial charge in [-0.15, -0.1) is 0 Å². The Kier molecular flexibility index (Phi) is 4.57. The Bertz CT molecular complexity index is 620. The van der Waals surface area contributed by atoms with E-state index in [4.69, 9.17) is 10.5 Å². The van der Waals surface area contributed by atoms with Crippen LogP contribution in [0.15, 0.2) is 46.9 Å². The summed E-state index contributed by atoms with van der Waals surface area (Å²) in [5.74, 6) is -0.717. The molecule has 2 rings (SSSR count). The van der Waals surface area contributed by atoms with E-state index in [1.54, 1.807) is 24.3 Å². The number of rotatable bonds is 4. The number of hydrogen-bond acceptors (Lipinski definition) is 3. The molecule has 3 N–H and O–H groups in total. The second kappa shape index (κ2) is 6.38. The number of amides is 1. The zero-order chi connectivity index (χ0) is 14.5. The van der Waals surface area contributed by atoms with Crippen LogP contribution in [-0.4, -0.2) is 12.5 Å². The number of carbonyl (C=O) groups is 1. The maximum absolute atomic E-state index is 13.3. The third kappa shape index (κ3) is 3.71. The molecule has 0 saturated carbocycles. The Labute approximate surface area is 123 Å². The van der Waals surface area contributed by atoms with Gasteiger partial charge in [-0.2, -0.15) is 0 Å². The molecule has 1 amide bonds. The summed E-state index contributed by atoms with van der Waals surface area (Å²) < 4.78 is 18.8. The molecule has 104 valence electrons. The zero-order valence-corrected chi connectivity index (χ0v) is 12.0. The van der Waals surface area contributed by atoms with Crippen molar-refractivity contribution < 1.29 is 13.9 Å². The number of para-hydroxylation sites is 1. The summed E-state index contributed by atoms with van der Waals surface area (Å²) in [5.41, 5.74) is 6.59. The topological polar surface area (TPSA) is 64.3 Å². The van der Waals surface area contributed by atoms with Gasteiger partial charge in [0.2, 0.25) is 0 Å². The first kappa shape index (κ1) is 14.3. The molecular weight excluding hydrogens is 327 g/mol. The quantitative estimate of drug-likeness (QED) is 0.841. The number of benzene rings is 2. The van der Waals surface area contributed by atoms with E-state index in [1.165, 1.54) is 6.07 Å². The molecule has 0 spiro atoms. The van der Waals surface area contributed by atoms with Gasteiger partial charge in [-0.3, -0.25) is 4.79 Å². The summed E-state index contributed by atoms with van der Waals surface area (Å²) in [6, 6.07) is 11.5. The smallest absolute Gasteiger partial charge is 0.262 e. The maximum Gasteiger partial charge on any atom is 0.262 e. The van der Waals surface area contributed by atoms with E-state index in [2.05, 4.69) is 21.2 Å². The number of carbonyl (C=O) groups excluding carboxylic acids is 1. The summed E-state index contributed by atoms with van der Waals surface area (Å²) >= 11 is 3.01. The van der Waals surface area contributed by atoms with Crippen LogP contribution in [0.4, 0.5) is 15.8 Å². The highest BCUT2D eigenvalue weighted by Gasteiger charge is 2.09. The van der Waals surface area contributed by atoms with Crippen molar-refractivity contribution in [2.45, 2.75) is 0 Å². The third-order valence-electron chi connectivity index (χ3n) is 2.47. The minimum atomic E-state index is -0.502. The molecule has 0 bridgehead atoms. The standard InChI is InChI=1S/C14H12BrFN2O2/c15-10-6-12(17)13(7-11(10)16)20-8-14(19)18-9-4-2-1-3-5-9/h1-7H,8,17H2,(H,18,19). The Morgan fingerprint density at radius 1 is 1.30 bits per heavy atom. The fourth-order valence-electron chi connectivity index (χ4n) is 1.53. The van der Waals surface area contributed by atoms with E-state index in [1.807, 2.05) is 6.07 Å². The van der Waals surface area contributed by atoms with Crippen LogP contribution >= 0.6 is 15.9 Å². The van der Waals surface area contributed by atoms with Crippen LogP contribution < -0.4 is 15.8 Å². The van der Waals surface area contributed by atoms with Gasteiger partial charge >= 0.3 is 0 Å². The van der Waals surface area contributed by atoms with Crippen LogP contribution in [0.25, 0.3) is 0 Å². The predicted octanol–water partition coefficient (Wildman–Crippen LogP) is 3.19. The Morgan fingerprint density at radius 3 is 2.70 bits per heavy atom. The fraction of sp³-hybridized carbons (Fsp3) is 0.0714. The number of ether oxygens (including phenoxy) is 1. The molecule has 0 aliphatic rings. The van der Waals surface area contributed by atoms with Crippen LogP contribution in [0.2, 0.25) is 0 Å². The summed E-state index contributed by atoms with van der Waals surface area (Å²) in [7, 11) is 0. The van der Waals surface area contributed by atoms with Crippen molar-refractivity contribution in [1.82, 2.24) is 0 Å². The van der Waals surface area contributed by atoms with Gasteiger partial charge in [0.25, 0.3) is 5.91 Å². The summed E-state index contributed by atoms with van der Waals surface area (Å²) in [5, 5.41) is 2.65. The molecule has 0 aliphatic heterocycles. The summed E-state index contributed by atoms with van der Waals surface area (Å²) in [6.07, 6.45) is 0. The first-order valence-electron chi connectivity index (χ1n) is 5.78. The number of hydrogen-bond donors (Lipinski definition) is 2. The second-order valence-electron chi connectivity index (χ2n) is 4.01. The van der Waals surface area contributed by atoms with E-state index in [0.717, 1.165) is 6.07 Å². The first-order valence-corrected chi connectivity index (χ1v) is 6.58. The minimum absolute atomic E-state index is 0.133. The number of nitrogens with one attached hydrogen (secondary N) is 1. The van der Waals surface area contributed by atoms with Crippen LogP contribution in [0.3, 0.4) is 0 Å². The van der Waals surface area contributed by atoms with Crippen molar-refractivity contribution in [2.24, 2.45) is 0 Å². The van der Waals surface area contributed by atoms with Crippen molar-refractivity contribution in [3.8, 4) is 5.75 Å². The van der Waals surface area contributed by atoms with E-state index in [9.17, 15) is 9.18 Å². The molecule has 20 heavy (non-hydrogen) atoms. The van der Waals surface area contributed by atoms with E-state index >= 15 is 0 Å². The van der Waals surface area contributed by atoms with Crippen molar-refractivity contribution in [2.75, 3.05) is 17.7 Å². The number of anilines is 2. The molecule has 0 saturated heterocycles. The van der Waals surface area contributed by atoms with Crippen LogP contribution in [-0.2, 0) is 4.79 Å². The lowest BCUT2D eigenvalue weighted by atomic mass is 10.3. The van der Waals surface area contributed by atoms with Crippen LogP contribution in [0.5, 0.6) is 5.75 Å². The molecule has 0 aromatic heterocycles. The molecule has 0 aliphatic carbocycles. The van der Waals surface area contributed by atoms with Gasteiger partial charge in [0.15, 0.2) is 6.61 Å². The molecule has 0 radical (unpaired) electrons. The Hall–Kier alpha value is -2.08. The highest BCUT2D eigenvalue weighted by Crippen LogP contribution is 2.28. The van der Waals surface area contributed by atoms with Gasteiger partial charge in [0, 0.05) is 11.8 Å². The summed E-state index contributed by atoms with van der Waals surface area (Å²) in [4.78, 5) is 11.7. The normalized spacial score (nSPS) is 10.1. The minimum Gasteiger partial charge on any atom is -0.481 e. The lowest BCUT2D eigenvalue weighted by Gasteiger charge is -2.10. The number of halogens is 2. The number of nitrogens with two attached hydrogens (primary N) is 1. The summed E-state index contributed by atoms with van der Waals surface area (Å²) in [6.45, 7) is -0.250. The van der Waals surface area contributed by atoms with Crippen molar-refractivity contribution >= 4 is 33.2 Å². The predicted molar refractivity (Wildman–Crippen MR) is 79.1 cm³/mol.